The number of non-ortho nitro benzene ring substituents is 1. The Morgan fingerprint density at radius 2 is 1.92 bits per heavy atom. The van der Waals surface area contributed by atoms with Crippen molar-refractivity contribution in [1.82, 2.24) is 4.98 Å². The zero-order chi connectivity index (χ0) is 18.7. The third-order valence-corrected chi connectivity index (χ3v) is 5.43. The van der Waals surface area contributed by atoms with Gasteiger partial charge in [0.15, 0.2) is 4.34 Å². The number of para-hydroxylation sites is 2. The molecule has 0 radical (unpaired) electrons. The Balaban J connectivity index is 1.67. The molecule has 0 aliphatic rings. The Morgan fingerprint density at radius 3 is 2.65 bits per heavy atom. The Kier molecular flexibility index (Phi) is 5.09. The van der Waals surface area contributed by atoms with Crippen molar-refractivity contribution >= 4 is 56.3 Å². The molecule has 0 atom stereocenters. The summed E-state index contributed by atoms with van der Waals surface area (Å²) in [5, 5.41) is 24.3. The van der Waals surface area contributed by atoms with E-state index in [1.54, 1.807) is 12.1 Å². The van der Waals surface area contributed by atoms with Gasteiger partial charge in [-0.3, -0.25) is 25.0 Å². The van der Waals surface area contributed by atoms with E-state index in [1.165, 1.54) is 41.7 Å². The summed E-state index contributed by atoms with van der Waals surface area (Å²) in [6, 6.07) is 10.2. The molecule has 1 aromatic heterocycles. The van der Waals surface area contributed by atoms with Gasteiger partial charge in [-0.05, 0) is 12.1 Å². The molecule has 0 bridgehead atoms. The highest BCUT2D eigenvalue weighted by molar-refractivity contribution is 8.01. The van der Waals surface area contributed by atoms with Gasteiger partial charge in [0.05, 0.1) is 25.8 Å². The van der Waals surface area contributed by atoms with Crippen molar-refractivity contribution in [2.45, 2.75) is 4.34 Å². The van der Waals surface area contributed by atoms with Crippen molar-refractivity contribution < 1.29 is 14.6 Å². The Hall–Kier alpha value is -3.05. The van der Waals surface area contributed by atoms with Gasteiger partial charge in [-0.15, -0.1) is 11.3 Å². The number of thiazole rings is 1. The second kappa shape index (κ2) is 7.45. The number of nitro benzene ring substituents is 2. The Labute approximate surface area is 154 Å². The van der Waals surface area contributed by atoms with E-state index in [1.807, 2.05) is 0 Å². The number of fused-ring (bicyclic) bond motifs is 1. The number of nitrogens with zero attached hydrogens (tertiary/aromatic N) is 3. The van der Waals surface area contributed by atoms with Crippen LogP contribution in [0.5, 0.6) is 0 Å². The molecule has 11 heteroatoms. The quantitative estimate of drug-likeness (QED) is 0.384. The number of aromatic nitrogens is 1. The van der Waals surface area contributed by atoms with Crippen molar-refractivity contribution in [3.05, 3.63) is 62.7 Å². The summed E-state index contributed by atoms with van der Waals surface area (Å²) < 4.78 is 1.24. The van der Waals surface area contributed by atoms with Gasteiger partial charge in [0, 0.05) is 18.2 Å². The number of carbonyl (C=O) groups is 1. The Morgan fingerprint density at radius 1 is 1.15 bits per heavy atom. The summed E-state index contributed by atoms with van der Waals surface area (Å²) in [5.74, 6) is -0.400. The molecule has 132 valence electrons. The topological polar surface area (TPSA) is 128 Å². The average Bonchev–Trinajstić information content (AvgIpc) is 3.02. The number of anilines is 1. The largest absolute Gasteiger partial charge is 0.320 e. The van der Waals surface area contributed by atoms with Crippen molar-refractivity contribution in [3.8, 4) is 0 Å². The molecule has 0 unspecified atom stereocenters. The minimum Gasteiger partial charge on any atom is -0.320 e. The lowest BCUT2D eigenvalue weighted by molar-refractivity contribution is -0.384. The number of carbonyl (C=O) groups excluding carboxylic acids is 1. The third-order valence-electron chi connectivity index (χ3n) is 3.26. The fraction of sp³-hybridized carbons (Fsp3) is 0.0667. The number of thioether (sulfide) groups is 1. The number of rotatable bonds is 6. The molecule has 9 nitrogen and oxygen atoms in total. The lowest BCUT2D eigenvalue weighted by Crippen LogP contribution is -2.15. The van der Waals surface area contributed by atoms with Crippen LogP contribution in [0.1, 0.15) is 0 Å². The Bertz CT molecular complexity index is 1020. The third kappa shape index (κ3) is 3.95. The highest BCUT2D eigenvalue weighted by atomic mass is 32.2. The summed E-state index contributed by atoms with van der Waals surface area (Å²) in [7, 11) is 0. The number of nitrogens with one attached hydrogen (secondary N) is 1. The van der Waals surface area contributed by atoms with E-state index in [0.29, 0.717) is 14.6 Å². The second-order valence-electron chi connectivity index (χ2n) is 5.00. The average molecular weight is 390 g/mol. The van der Waals surface area contributed by atoms with Crippen LogP contribution in [0.25, 0.3) is 10.2 Å². The smallest absolute Gasteiger partial charge is 0.292 e. The van der Waals surface area contributed by atoms with E-state index >= 15 is 0 Å². The molecule has 0 fully saturated rings. The zero-order valence-electron chi connectivity index (χ0n) is 12.9. The first kappa shape index (κ1) is 17.8. The van der Waals surface area contributed by atoms with Crippen LogP contribution in [0.3, 0.4) is 0 Å². The molecular formula is C15H10N4O5S2. The monoisotopic (exact) mass is 390 g/mol. The molecular weight excluding hydrogens is 380 g/mol. The molecule has 0 saturated carbocycles. The van der Waals surface area contributed by atoms with Gasteiger partial charge >= 0.3 is 0 Å². The van der Waals surface area contributed by atoms with Gasteiger partial charge in [-0.1, -0.05) is 23.9 Å². The minimum absolute atomic E-state index is 0.00790. The molecule has 2 aromatic carbocycles. The van der Waals surface area contributed by atoms with Crippen LogP contribution in [-0.4, -0.2) is 26.5 Å². The number of hydrogen-bond acceptors (Lipinski definition) is 8. The fourth-order valence-electron chi connectivity index (χ4n) is 2.12. The van der Waals surface area contributed by atoms with Crippen LogP contribution in [0.15, 0.2) is 46.8 Å². The first-order valence-electron chi connectivity index (χ1n) is 7.15. The summed E-state index contributed by atoms with van der Waals surface area (Å²) in [6.07, 6.45) is 0. The van der Waals surface area contributed by atoms with E-state index in [-0.39, 0.29) is 22.8 Å². The van der Waals surface area contributed by atoms with Gasteiger partial charge in [0.1, 0.15) is 5.69 Å². The predicted octanol–water partition coefficient (Wildman–Crippen LogP) is 3.84. The van der Waals surface area contributed by atoms with Crippen LogP contribution < -0.4 is 5.32 Å². The van der Waals surface area contributed by atoms with E-state index in [0.717, 1.165) is 11.8 Å². The van der Waals surface area contributed by atoms with Gasteiger partial charge in [-0.25, -0.2) is 4.98 Å². The molecule has 1 N–H and O–H groups in total. The van der Waals surface area contributed by atoms with Crippen LogP contribution in [-0.2, 0) is 4.79 Å². The highest BCUT2D eigenvalue weighted by Crippen LogP contribution is 2.32. The zero-order valence-corrected chi connectivity index (χ0v) is 14.6. The standard InChI is InChI=1S/C15H10N4O5S2/c20-14(16-10-3-1-2-4-12(10)19(23)24)8-25-15-17-11-6-5-9(18(21)22)7-13(11)26-15/h1-7H,8H2,(H,16,20). The van der Waals surface area contributed by atoms with Crippen molar-refractivity contribution in [2.75, 3.05) is 11.1 Å². The maximum atomic E-state index is 12.1. The second-order valence-corrected chi connectivity index (χ2v) is 7.25. The number of amides is 1. The molecule has 3 aromatic rings. The van der Waals surface area contributed by atoms with E-state index < -0.39 is 15.8 Å². The first-order valence-corrected chi connectivity index (χ1v) is 8.95. The molecule has 26 heavy (non-hydrogen) atoms. The molecule has 3 rings (SSSR count). The highest BCUT2D eigenvalue weighted by Gasteiger charge is 2.16. The summed E-state index contributed by atoms with van der Waals surface area (Å²) in [6.45, 7) is 0. The maximum absolute atomic E-state index is 12.1. The lowest BCUT2D eigenvalue weighted by atomic mass is 10.2. The number of hydrogen-bond donors (Lipinski definition) is 1. The predicted molar refractivity (Wildman–Crippen MR) is 98.7 cm³/mol. The van der Waals surface area contributed by atoms with Crippen molar-refractivity contribution in [1.29, 1.82) is 0 Å². The van der Waals surface area contributed by atoms with E-state index in [2.05, 4.69) is 10.3 Å². The van der Waals surface area contributed by atoms with E-state index in [4.69, 9.17) is 0 Å². The van der Waals surface area contributed by atoms with Crippen LogP contribution in [0, 0.1) is 20.2 Å². The number of benzene rings is 2. The lowest BCUT2D eigenvalue weighted by Gasteiger charge is -2.04. The number of nitro groups is 2. The normalized spacial score (nSPS) is 10.6. The van der Waals surface area contributed by atoms with Crippen LogP contribution in [0.4, 0.5) is 17.1 Å². The maximum Gasteiger partial charge on any atom is 0.292 e. The molecule has 0 aliphatic heterocycles. The molecule has 1 amide bonds. The fourth-order valence-corrected chi connectivity index (χ4v) is 4.02. The van der Waals surface area contributed by atoms with Gasteiger partial charge in [0.25, 0.3) is 11.4 Å². The molecule has 0 spiro atoms. The van der Waals surface area contributed by atoms with Gasteiger partial charge in [-0.2, -0.15) is 0 Å². The van der Waals surface area contributed by atoms with Crippen LogP contribution >= 0.6 is 23.1 Å². The van der Waals surface area contributed by atoms with Crippen molar-refractivity contribution in [3.63, 3.8) is 0 Å². The van der Waals surface area contributed by atoms with Gasteiger partial charge < -0.3 is 5.32 Å². The van der Waals surface area contributed by atoms with Crippen LogP contribution in [0.2, 0.25) is 0 Å². The summed E-state index contributed by atoms with van der Waals surface area (Å²) in [5.41, 5.74) is 0.537. The SMILES string of the molecule is O=C(CSc1nc2ccc([N+](=O)[O-])cc2s1)Nc1ccccc1[N+](=O)[O-]. The van der Waals surface area contributed by atoms with Gasteiger partial charge in [0.2, 0.25) is 5.91 Å². The summed E-state index contributed by atoms with van der Waals surface area (Å²) in [4.78, 5) is 37.1. The molecule has 0 aliphatic carbocycles. The molecule has 0 saturated heterocycles. The first-order chi connectivity index (χ1) is 12.4. The summed E-state index contributed by atoms with van der Waals surface area (Å²) >= 11 is 2.40. The molecule has 1 heterocycles. The van der Waals surface area contributed by atoms with Crippen molar-refractivity contribution in [2.24, 2.45) is 0 Å². The van der Waals surface area contributed by atoms with E-state index in [9.17, 15) is 25.0 Å². The minimum atomic E-state index is -0.566.